The van der Waals surface area contributed by atoms with Crippen LogP contribution in [0.5, 0.6) is 0 Å². The minimum absolute atomic E-state index is 0.0218. The number of nitrogens with one attached hydrogen (secondary N) is 1. The van der Waals surface area contributed by atoms with E-state index in [-0.39, 0.29) is 29.8 Å². The van der Waals surface area contributed by atoms with Crippen molar-refractivity contribution < 1.29 is 23.9 Å². The molecule has 1 aliphatic rings. The molecule has 2 heterocycles. The molecule has 1 aromatic heterocycles. The lowest BCUT2D eigenvalue weighted by molar-refractivity contribution is -0.121. The monoisotopic (exact) mass is 356 g/mol. The van der Waals surface area contributed by atoms with E-state index in [1.54, 1.807) is 35.2 Å². The number of carboxylic acids is 1. The number of carboxylic acid groups (broad SMARTS) is 1. The van der Waals surface area contributed by atoms with E-state index in [2.05, 4.69) is 5.32 Å². The van der Waals surface area contributed by atoms with Crippen LogP contribution in [0.25, 0.3) is 0 Å². The van der Waals surface area contributed by atoms with Crippen molar-refractivity contribution in [3.05, 3.63) is 59.5 Å². The van der Waals surface area contributed by atoms with Crippen molar-refractivity contribution in [2.45, 2.75) is 25.3 Å². The summed E-state index contributed by atoms with van der Waals surface area (Å²) >= 11 is 0. The molecule has 136 valence electrons. The Kier molecular flexibility index (Phi) is 5.36. The Morgan fingerprint density at radius 3 is 2.50 bits per heavy atom. The summed E-state index contributed by atoms with van der Waals surface area (Å²) in [5, 5.41) is 12.1. The van der Waals surface area contributed by atoms with Crippen LogP contribution in [0.1, 0.15) is 39.3 Å². The van der Waals surface area contributed by atoms with E-state index in [0.29, 0.717) is 37.3 Å². The van der Waals surface area contributed by atoms with Gasteiger partial charge in [0, 0.05) is 19.1 Å². The van der Waals surface area contributed by atoms with Gasteiger partial charge in [-0.3, -0.25) is 9.59 Å². The van der Waals surface area contributed by atoms with E-state index in [1.807, 2.05) is 0 Å². The van der Waals surface area contributed by atoms with Crippen LogP contribution in [-0.2, 0) is 11.2 Å². The van der Waals surface area contributed by atoms with E-state index >= 15 is 0 Å². The lowest BCUT2D eigenvalue weighted by atomic mass is 10.0. The third kappa shape index (κ3) is 4.11. The van der Waals surface area contributed by atoms with Gasteiger partial charge < -0.3 is 19.7 Å². The molecule has 1 saturated heterocycles. The number of amides is 2. The molecule has 26 heavy (non-hydrogen) atoms. The van der Waals surface area contributed by atoms with Gasteiger partial charge in [0.1, 0.15) is 0 Å². The molecule has 3 rings (SSSR count). The molecule has 7 nitrogen and oxygen atoms in total. The largest absolute Gasteiger partial charge is 0.478 e. The highest BCUT2D eigenvalue weighted by atomic mass is 16.4. The summed E-state index contributed by atoms with van der Waals surface area (Å²) in [4.78, 5) is 37.4. The molecule has 0 unspecified atom stereocenters. The number of furan rings is 1. The van der Waals surface area contributed by atoms with Crippen molar-refractivity contribution in [3.63, 3.8) is 0 Å². The molecule has 7 heteroatoms. The van der Waals surface area contributed by atoms with Crippen LogP contribution in [0.15, 0.2) is 47.1 Å². The standard InChI is InChI=1S/C19H20N2O5/c22-17(12-13-4-1-2-5-15(13)19(24)25)20-14-7-9-21(10-8-14)18(23)16-6-3-11-26-16/h1-6,11,14H,7-10,12H2,(H,20,22)(H,24,25). The lowest BCUT2D eigenvalue weighted by Gasteiger charge is -2.32. The zero-order chi connectivity index (χ0) is 18.5. The van der Waals surface area contributed by atoms with Crippen LogP contribution in [0, 0.1) is 0 Å². The third-order valence-corrected chi connectivity index (χ3v) is 4.48. The number of aromatic carboxylic acids is 1. The number of likely N-dealkylation sites (tertiary alicyclic amines) is 1. The SMILES string of the molecule is O=C(Cc1ccccc1C(=O)O)NC1CCN(C(=O)c2ccco2)CC1. The van der Waals surface area contributed by atoms with Gasteiger partial charge in [-0.25, -0.2) is 4.79 Å². The summed E-state index contributed by atoms with van der Waals surface area (Å²) in [6.07, 6.45) is 2.79. The summed E-state index contributed by atoms with van der Waals surface area (Å²) in [5.41, 5.74) is 0.629. The average Bonchev–Trinajstić information content (AvgIpc) is 3.16. The molecule has 2 N–H and O–H groups in total. The van der Waals surface area contributed by atoms with Gasteiger partial charge in [-0.05, 0) is 36.6 Å². The van der Waals surface area contributed by atoms with Crippen LogP contribution in [0.4, 0.5) is 0 Å². The van der Waals surface area contributed by atoms with Gasteiger partial charge in [0.05, 0.1) is 18.2 Å². The molecule has 2 aromatic rings. The molecule has 1 aromatic carbocycles. The maximum Gasteiger partial charge on any atom is 0.335 e. The van der Waals surface area contributed by atoms with E-state index < -0.39 is 5.97 Å². The fourth-order valence-corrected chi connectivity index (χ4v) is 3.12. The van der Waals surface area contributed by atoms with Crippen molar-refractivity contribution in [1.82, 2.24) is 10.2 Å². The summed E-state index contributed by atoms with van der Waals surface area (Å²) in [5.74, 6) is -1.08. The molecule has 2 amide bonds. The summed E-state index contributed by atoms with van der Waals surface area (Å²) in [6, 6.07) is 9.77. The third-order valence-electron chi connectivity index (χ3n) is 4.48. The Hall–Kier alpha value is -3.09. The van der Waals surface area contributed by atoms with E-state index in [9.17, 15) is 19.5 Å². The Morgan fingerprint density at radius 2 is 1.85 bits per heavy atom. The number of benzene rings is 1. The second-order valence-electron chi connectivity index (χ2n) is 6.25. The number of hydrogen-bond donors (Lipinski definition) is 2. The predicted molar refractivity (Wildman–Crippen MR) is 92.9 cm³/mol. The second kappa shape index (κ2) is 7.86. The maximum atomic E-state index is 12.3. The quantitative estimate of drug-likeness (QED) is 0.853. The highest BCUT2D eigenvalue weighted by Gasteiger charge is 2.26. The van der Waals surface area contributed by atoms with Crippen LogP contribution in [0.2, 0.25) is 0 Å². The number of nitrogens with zero attached hydrogens (tertiary/aromatic N) is 1. The number of piperidine rings is 1. The summed E-state index contributed by atoms with van der Waals surface area (Å²) in [7, 11) is 0. The van der Waals surface area contributed by atoms with Gasteiger partial charge in [-0.1, -0.05) is 18.2 Å². The molecule has 0 bridgehead atoms. The smallest absolute Gasteiger partial charge is 0.335 e. The minimum atomic E-state index is -1.04. The number of rotatable bonds is 5. The van der Waals surface area contributed by atoms with Gasteiger partial charge in [0.15, 0.2) is 5.76 Å². The first-order valence-corrected chi connectivity index (χ1v) is 8.48. The van der Waals surface area contributed by atoms with Gasteiger partial charge in [-0.2, -0.15) is 0 Å². The molecule has 0 spiro atoms. The molecular formula is C19H20N2O5. The van der Waals surface area contributed by atoms with Gasteiger partial charge in [0.2, 0.25) is 5.91 Å². The number of carbonyl (C=O) groups excluding carboxylic acids is 2. The first-order chi connectivity index (χ1) is 12.5. The zero-order valence-electron chi connectivity index (χ0n) is 14.2. The van der Waals surface area contributed by atoms with Gasteiger partial charge in [-0.15, -0.1) is 0 Å². The first kappa shape index (κ1) is 17.7. The Bertz CT molecular complexity index is 792. The molecule has 1 fully saturated rings. The minimum Gasteiger partial charge on any atom is -0.478 e. The van der Waals surface area contributed by atoms with Gasteiger partial charge in [0.25, 0.3) is 5.91 Å². The second-order valence-corrected chi connectivity index (χ2v) is 6.25. The van der Waals surface area contributed by atoms with Crippen molar-refractivity contribution in [1.29, 1.82) is 0 Å². The topological polar surface area (TPSA) is 99.9 Å². The van der Waals surface area contributed by atoms with Gasteiger partial charge >= 0.3 is 5.97 Å². The maximum absolute atomic E-state index is 12.3. The normalized spacial score (nSPS) is 14.8. The first-order valence-electron chi connectivity index (χ1n) is 8.48. The molecule has 1 aliphatic heterocycles. The van der Waals surface area contributed by atoms with Crippen molar-refractivity contribution in [2.24, 2.45) is 0 Å². The van der Waals surface area contributed by atoms with Crippen molar-refractivity contribution in [3.8, 4) is 0 Å². The average molecular weight is 356 g/mol. The summed E-state index contributed by atoms with van der Waals surface area (Å²) < 4.78 is 5.13. The van der Waals surface area contributed by atoms with Crippen molar-refractivity contribution in [2.75, 3.05) is 13.1 Å². The van der Waals surface area contributed by atoms with Crippen LogP contribution in [-0.4, -0.2) is 46.9 Å². The van der Waals surface area contributed by atoms with Crippen LogP contribution >= 0.6 is 0 Å². The van der Waals surface area contributed by atoms with E-state index in [1.165, 1.54) is 12.3 Å². The van der Waals surface area contributed by atoms with Crippen LogP contribution in [0.3, 0.4) is 0 Å². The lowest BCUT2D eigenvalue weighted by Crippen LogP contribution is -2.46. The van der Waals surface area contributed by atoms with E-state index in [0.717, 1.165) is 0 Å². The Balaban J connectivity index is 1.51. The summed E-state index contributed by atoms with van der Waals surface area (Å²) in [6.45, 7) is 1.08. The highest BCUT2D eigenvalue weighted by molar-refractivity contribution is 5.92. The molecular weight excluding hydrogens is 336 g/mol. The molecule has 0 radical (unpaired) electrons. The number of carbonyl (C=O) groups is 3. The van der Waals surface area contributed by atoms with E-state index in [4.69, 9.17) is 4.42 Å². The number of hydrogen-bond acceptors (Lipinski definition) is 4. The molecule has 0 atom stereocenters. The van der Waals surface area contributed by atoms with Crippen LogP contribution < -0.4 is 5.32 Å². The van der Waals surface area contributed by atoms with Crippen molar-refractivity contribution >= 4 is 17.8 Å². The molecule has 0 aliphatic carbocycles. The highest BCUT2D eigenvalue weighted by Crippen LogP contribution is 2.15. The molecule has 0 saturated carbocycles. The zero-order valence-corrected chi connectivity index (χ0v) is 14.2. The Morgan fingerprint density at radius 1 is 1.12 bits per heavy atom. The fourth-order valence-electron chi connectivity index (χ4n) is 3.12. The Labute approximate surface area is 150 Å². The predicted octanol–water partition coefficient (Wildman–Crippen LogP) is 1.94. The fraction of sp³-hybridized carbons (Fsp3) is 0.316.